The summed E-state index contributed by atoms with van der Waals surface area (Å²) in [5, 5.41) is 3.26. The number of nitrogens with one attached hydrogen (secondary N) is 1. The molecule has 0 radical (unpaired) electrons. The summed E-state index contributed by atoms with van der Waals surface area (Å²) >= 11 is 0. The van der Waals surface area contributed by atoms with Crippen LogP contribution >= 0.6 is 64.8 Å². The largest absolute Gasteiger partial charge is 0.347 e. The van der Waals surface area contributed by atoms with Crippen LogP contribution in [0.25, 0.3) is 0 Å². The summed E-state index contributed by atoms with van der Waals surface area (Å²) in [5.74, 6) is 7.19. The molecule has 0 amide bonds. The van der Waals surface area contributed by atoms with E-state index in [9.17, 15) is 0 Å². The van der Waals surface area contributed by atoms with Crippen molar-refractivity contribution in [3.05, 3.63) is 36.5 Å². The molecular formula is C50H97NO2S6. The van der Waals surface area contributed by atoms with E-state index in [-0.39, 0.29) is 11.9 Å². The number of rotatable bonds is 45. The van der Waals surface area contributed by atoms with E-state index < -0.39 is 0 Å². The highest BCUT2D eigenvalue weighted by atomic mass is 33.1. The highest BCUT2D eigenvalue weighted by molar-refractivity contribution is 8.77. The highest BCUT2D eigenvalue weighted by Gasteiger charge is 2.40. The molecule has 1 rings (SSSR count). The third-order valence-electron chi connectivity index (χ3n) is 10.3. The van der Waals surface area contributed by atoms with Gasteiger partial charge < -0.3 is 14.8 Å². The van der Waals surface area contributed by atoms with Gasteiger partial charge in [0, 0.05) is 47.4 Å². The van der Waals surface area contributed by atoms with E-state index in [1.54, 1.807) is 0 Å². The molecule has 59 heavy (non-hydrogen) atoms. The van der Waals surface area contributed by atoms with E-state index in [0.29, 0.717) is 0 Å². The molecule has 0 saturated carbocycles. The third kappa shape index (κ3) is 45.6. The fourth-order valence-corrected chi connectivity index (χ4v) is 13.0. The first-order chi connectivity index (χ1) is 29.2. The van der Waals surface area contributed by atoms with Gasteiger partial charge in [-0.25, -0.2) is 0 Å². The summed E-state index contributed by atoms with van der Waals surface area (Å²) in [6.45, 7) is 10.9. The zero-order valence-electron chi connectivity index (χ0n) is 39.5. The SMILES string of the molecule is CCCCCC/C=C\CCSSCCCCC1(CCCCSSCC/C=C\CCCCCC)OCC(CCNC)O1.CCCCCCC/C=C\CCSSCCCCC. The van der Waals surface area contributed by atoms with E-state index in [4.69, 9.17) is 9.47 Å². The second-order valence-corrected chi connectivity index (χ2v) is 24.2. The van der Waals surface area contributed by atoms with Gasteiger partial charge in [0.15, 0.2) is 5.79 Å². The van der Waals surface area contributed by atoms with Crippen LogP contribution in [0.1, 0.15) is 214 Å². The summed E-state index contributed by atoms with van der Waals surface area (Å²) in [5.41, 5.74) is 0. The molecule has 9 heteroatoms. The summed E-state index contributed by atoms with van der Waals surface area (Å²) in [6.07, 6.45) is 52.0. The molecule has 0 aliphatic carbocycles. The molecule has 0 aromatic heterocycles. The summed E-state index contributed by atoms with van der Waals surface area (Å²) in [4.78, 5) is 0. The molecule has 1 atom stereocenters. The monoisotopic (exact) mass is 936 g/mol. The van der Waals surface area contributed by atoms with Crippen molar-refractivity contribution in [2.24, 2.45) is 0 Å². The van der Waals surface area contributed by atoms with Gasteiger partial charge >= 0.3 is 0 Å². The smallest absolute Gasteiger partial charge is 0.168 e. The number of unbranched alkanes of at least 4 members (excludes halogenated alkanes) is 17. The standard InChI is InChI=1S/C34H65NO2S4.C16H32S2/c1-4-6-8-10-12-14-16-20-28-38-40-30-22-18-25-34(36-32-33(37-34)24-27-35-3)26-19-23-31-41-39-29-21-17-15-13-11-9-7-5-2;1-3-5-7-8-9-10-11-12-14-16-18-17-15-13-6-4-2/h14-17,33,35H,4-13,18-32H2,1-3H3;11-12H,3-10,13-16H2,1-2H3/b16-14-,17-15-;12-11-. The lowest BCUT2D eigenvalue weighted by atomic mass is 10.0. The minimum atomic E-state index is -0.335. The van der Waals surface area contributed by atoms with Crippen LogP contribution < -0.4 is 5.32 Å². The molecule has 1 fully saturated rings. The molecule has 1 unspecified atom stereocenters. The van der Waals surface area contributed by atoms with Crippen LogP contribution in [0.2, 0.25) is 0 Å². The maximum atomic E-state index is 6.58. The number of ether oxygens (including phenoxy) is 2. The Bertz CT molecular complexity index is 853. The van der Waals surface area contributed by atoms with Crippen molar-refractivity contribution in [1.82, 2.24) is 5.32 Å². The summed E-state index contributed by atoms with van der Waals surface area (Å²) in [6, 6.07) is 0. The van der Waals surface area contributed by atoms with Gasteiger partial charge in [-0.05, 0) is 110 Å². The van der Waals surface area contributed by atoms with E-state index in [1.165, 1.54) is 201 Å². The zero-order valence-corrected chi connectivity index (χ0v) is 44.4. The molecular weight excluding hydrogens is 839 g/mol. The molecule has 350 valence electrons. The second-order valence-electron chi connectivity index (χ2n) is 16.1. The predicted molar refractivity (Wildman–Crippen MR) is 286 cm³/mol. The van der Waals surface area contributed by atoms with Crippen LogP contribution in [-0.4, -0.2) is 66.6 Å². The van der Waals surface area contributed by atoms with Gasteiger partial charge in [-0.15, -0.1) is 0 Å². The molecule has 1 saturated heterocycles. The Kier molecular flexibility index (Phi) is 52.9. The average molecular weight is 937 g/mol. The molecule has 1 aliphatic heterocycles. The Morgan fingerprint density at radius 3 is 1.22 bits per heavy atom. The Morgan fingerprint density at radius 2 is 0.797 bits per heavy atom. The number of hydrogen-bond acceptors (Lipinski definition) is 9. The van der Waals surface area contributed by atoms with Gasteiger partial charge in [-0.1, -0.05) is 206 Å². The van der Waals surface area contributed by atoms with Gasteiger partial charge in [0.25, 0.3) is 0 Å². The summed E-state index contributed by atoms with van der Waals surface area (Å²) in [7, 11) is 14.3. The second kappa shape index (κ2) is 51.8. The lowest BCUT2D eigenvalue weighted by Gasteiger charge is -2.28. The third-order valence-corrected chi connectivity index (χ3v) is 17.9. The van der Waals surface area contributed by atoms with Crippen LogP contribution in [0.4, 0.5) is 0 Å². The van der Waals surface area contributed by atoms with Crippen molar-refractivity contribution in [2.45, 2.75) is 226 Å². The van der Waals surface area contributed by atoms with Gasteiger partial charge in [0.1, 0.15) is 0 Å². The van der Waals surface area contributed by atoms with Gasteiger partial charge in [-0.3, -0.25) is 0 Å². The Morgan fingerprint density at radius 1 is 0.441 bits per heavy atom. The molecule has 1 heterocycles. The first kappa shape index (κ1) is 60.2. The Labute approximate surface area is 393 Å². The zero-order chi connectivity index (χ0) is 42.8. The number of allylic oxidation sites excluding steroid dienone is 6. The topological polar surface area (TPSA) is 30.5 Å². The average Bonchev–Trinajstić information content (AvgIpc) is 3.66. The Balaban J connectivity index is 0.00000156. The minimum Gasteiger partial charge on any atom is -0.347 e. The van der Waals surface area contributed by atoms with Crippen LogP contribution in [0.3, 0.4) is 0 Å². The van der Waals surface area contributed by atoms with Crippen molar-refractivity contribution in [3.8, 4) is 0 Å². The number of hydrogen-bond donors (Lipinski definition) is 1. The van der Waals surface area contributed by atoms with E-state index in [0.717, 1.165) is 32.4 Å². The van der Waals surface area contributed by atoms with E-state index in [2.05, 4.69) is 80.3 Å². The normalized spacial score (nSPS) is 15.3. The van der Waals surface area contributed by atoms with E-state index in [1.807, 2.05) is 61.0 Å². The highest BCUT2D eigenvalue weighted by Crippen LogP contribution is 2.36. The van der Waals surface area contributed by atoms with Crippen molar-refractivity contribution in [3.63, 3.8) is 0 Å². The molecule has 3 nitrogen and oxygen atoms in total. The lowest BCUT2D eigenvalue weighted by Crippen LogP contribution is -2.31. The van der Waals surface area contributed by atoms with Gasteiger partial charge in [-0.2, -0.15) is 0 Å². The van der Waals surface area contributed by atoms with E-state index >= 15 is 0 Å². The van der Waals surface area contributed by atoms with Crippen molar-refractivity contribution in [2.75, 3.05) is 54.7 Å². The van der Waals surface area contributed by atoms with Crippen molar-refractivity contribution >= 4 is 64.8 Å². The first-order valence-corrected chi connectivity index (χ1v) is 32.3. The fourth-order valence-electron chi connectivity index (χ4n) is 6.63. The predicted octanol–water partition coefficient (Wildman–Crippen LogP) is 18.5. The van der Waals surface area contributed by atoms with Crippen molar-refractivity contribution < 1.29 is 9.47 Å². The van der Waals surface area contributed by atoms with Crippen LogP contribution in [0, 0.1) is 0 Å². The molecule has 0 aromatic carbocycles. The Hall–Kier alpha value is 1.20. The maximum absolute atomic E-state index is 6.58. The molecule has 0 aromatic rings. The summed E-state index contributed by atoms with van der Waals surface area (Å²) < 4.78 is 13.0. The van der Waals surface area contributed by atoms with Crippen LogP contribution in [0.5, 0.6) is 0 Å². The maximum Gasteiger partial charge on any atom is 0.168 e. The minimum absolute atomic E-state index is 0.247. The quantitative estimate of drug-likeness (QED) is 0.0364. The van der Waals surface area contributed by atoms with Gasteiger partial charge in [0.2, 0.25) is 0 Å². The first-order valence-electron chi connectivity index (χ1n) is 24.8. The molecule has 0 spiro atoms. The molecule has 1 aliphatic rings. The molecule has 0 bridgehead atoms. The lowest BCUT2D eigenvalue weighted by molar-refractivity contribution is -0.179. The molecule has 1 N–H and O–H groups in total. The van der Waals surface area contributed by atoms with Crippen molar-refractivity contribution in [1.29, 1.82) is 0 Å². The van der Waals surface area contributed by atoms with Crippen LogP contribution in [-0.2, 0) is 9.47 Å². The van der Waals surface area contributed by atoms with Crippen LogP contribution in [0.15, 0.2) is 36.5 Å². The fraction of sp³-hybridized carbons (Fsp3) is 0.880. The van der Waals surface area contributed by atoms with Gasteiger partial charge in [0.05, 0.1) is 12.7 Å².